The zero-order valence-corrected chi connectivity index (χ0v) is 19.0. The molecule has 8 nitrogen and oxygen atoms in total. The third-order valence-corrected chi connectivity index (χ3v) is 4.96. The standard InChI is InChI=1S/C25H24F2N4O4/c1-16(32)30-25(2,24(26)27)21(23(34)31-35)29-22(33)20-13-11-18(12-14-20)6-4-3-5-17-7-9-19(15-28)10-8-17/h7-14,21,24,35H,15,28H2,1-2H3,(H,29,33)(H,30,32)(H,31,34). The molecule has 10 heteroatoms. The number of rotatable bonds is 7. The number of hydrogen-bond acceptors (Lipinski definition) is 5. The lowest BCUT2D eigenvalue weighted by atomic mass is 9.91. The monoisotopic (exact) mass is 482 g/mol. The minimum atomic E-state index is -3.24. The van der Waals surface area contributed by atoms with Gasteiger partial charge in [0.25, 0.3) is 18.2 Å². The number of nitrogens with two attached hydrogens (primary N) is 1. The quantitative estimate of drug-likeness (QED) is 0.231. The molecular formula is C25H24F2N4O4. The van der Waals surface area contributed by atoms with Gasteiger partial charge in [0.15, 0.2) is 0 Å². The maximum Gasteiger partial charge on any atom is 0.268 e. The van der Waals surface area contributed by atoms with Crippen molar-refractivity contribution in [3.63, 3.8) is 0 Å². The molecule has 0 aliphatic carbocycles. The SMILES string of the molecule is CC(=O)NC(C)(C(F)F)C(NC(=O)c1ccc(C#CC#Cc2ccc(CN)cc2)cc1)C(=O)NO. The normalized spacial score (nSPS) is 12.7. The molecule has 182 valence electrons. The molecule has 0 saturated heterocycles. The van der Waals surface area contributed by atoms with Crippen molar-refractivity contribution in [3.05, 3.63) is 70.8 Å². The van der Waals surface area contributed by atoms with Crippen LogP contribution in [0.3, 0.4) is 0 Å². The summed E-state index contributed by atoms with van der Waals surface area (Å²) in [6.07, 6.45) is -3.24. The Balaban J connectivity index is 2.15. The number of hydroxylamine groups is 1. The van der Waals surface area contributed by atoms with Crippen molar-refractivity contribution in [3.8, 4) is 23.7 Å². The predicted molar refractivity (Wildman–Crippen MR) is 124 cm³/mol. The van der Waals surface area contributed by atoms with E-state index in [0.717, 1.165) is 25.0 Å². The molecule has 0 heterocycles. The average molecular weight is 482 g/mol. The Morgan fingerprint density at radius 3 is 1.94 bits per heavy atom. The highest BCUT2D eigenvalue weighted by Gasteiger charge is 2.48. The number of alkyl halides is 2. The fourth-order valence-electron chi connectivity index (χ4n) is 3.03. The van der Waals surface area contributed by atoms with Crippen LogP contribution in [0.4, 0.5) is 8.78 Å². The van der Waals surface area contributed by atoms with Crippen LogP contribution in [-0.2, 0) is 16.1 Å². The minimum absolute atomic E-state index is 0.0387. The summed E-state index contributed by atoms with van der Waals surface area (Å²) in [6.45, 7) is 2.31. The van der Waals surface area contributed by atoms with Gasteiger partial charge in [-0.15, -0.1) is 0 Å². The molecule has 2 rings (SSSR count). The van der Waals surface area contributed by atoms with Crippen molar-refractivity contribution < 1.29 is 28.4 Å². The highest BCUT2D eigenvalue weighted by atomic mass is 19.3. The summed E-state index contributed by atoms with van der Waals surface area (Å²) >= 11 is 0. The molecule has 0 spiro atoms. The van der Waals surface area contributed by atoms with E-state index in [1.165, 1.54) is 29.7 Å². The van der Waals surface area contributed by atoms with Crippen LogP contribution in [0.5, 0.6) is 0 Å². The lowest BCUT2D eigenvalue weighted by Gasteiger charge is -2.36. The highest BCUT2D eigenvalue weighted by molar-refractivity contribution is 5.98. The van der Waals surface area contributed by atoms with Crippen LogP contribution in [0.25, 0.3) is 0 Å². The van der Waals surface area contributed by atoms with Crippen LogP contribution >= 0.6 is 0 Å². The van der Waals surface area contributed by atoms with E-state index in [0.29, 0.717) is 12.1 Å². The van der Waals surface area contributed by atoms with Crippen molar-refractivity contribution in [1.82, 2.24) is 16.1 Å². The second-order valence-corrected chi connectivity index (χ2v) is 7.63. The Hall–Kier alpha value is -4.25. The molecule has 0 bridgehead atoms. The van der Waals surface area contributed by atoms with Gasteiger partial charge in [-0.25, -0.2) is 14.3 Å². The molecule has 0 saturated carbocycles. The predicted octanol–water partition coefficient (Wildman–Crippen LogP) is 1.31. The van der Waals surface area contributed by atoms with E-state index >= 15 is 0 Å². The fraction of sp³-hybridized carbons (Fsp3) is 0.240. The topological polar surface area (TPSA) is 134 Å². The van der Waals surface area contributed by atoms with Crippen molar-refractivity contribution >= 4 is 17.7 Å². The van der Waals surface area contributed by atoms with Crippen molar-refractivity contribution in [2.24, 2.45) is 5.73 Å². The van der Waals surface area contributed by atoms with Crippen LogP contribution in [0.1, 0.15) is 40.9 Å². The summed E-state index contributed by atoms with van der Waals surface area (Å²) in [6, 6.07) is 11.2. The van der Waals surface area contributed by atoms with Gasteiger partial charge in [0.05, 0.1) is 0 Å². The van der Waals surface area contributed by atoms with Gasteiger partial charge in [-0.2, -0.15) is 0 Å². The van der Waals surface area contributed by atoms with Crippen molar-refractivity contribution in [2.45, 2.75) is 38.4 Å². The smallest absolute Gasteiger partial charge is 0.268 e. The van der Waals surface area contributed by atoms with E-state index in [1.807, 2.05) is 29.6 Å². The maximum atomic E-state index is 13.7. The van der Waals surface area contributed by atoms with Crippen LogP contribution in [0.2, 0.25) is 0 Å². The van der Waals surface area contributed by atoms with Gasteiger partial charge in [0.1, 0.15) is 11.6 Å². The van der Waals surface area contributed by atoms with Crippen molar-refractivity contribution in [2.75, 3.05) is 0 Å². The van der Waals surface area contributed by atoms with Gasteiger partial charge >= 0.3 is 0 Å². The molecule has 0 radical (unpaired) electrons. The van der Waals surface area contributed by atoms with E-state index < -0.39 is 35.7 Å². The van der Waals surface area contributed by atoms with Gasteiger partial charge in [-0.1, -0.05) is 24.0 Å². The fourth-order valence-corrected chi connectivity index (χ4v) is 3.03. The Morgan fingerprint density at radius 2 is 1.51 bits per heavy atom. The van der Waals surface area contributed by atoms with Gasteiger partial charge in [-0.3, -0.25) is 19.6 Å². The largest absolute Gasteiger partial charge is 0.343 e. The van der Waals surface area contributed by atoms with Gasteiger partial charge in [0.2, 0.25) is 5.91 Å². The van der Waals surface area contributed by atoms with Gasteiger partial charge < -0.3 is 16.4 Å². The summed E-state index contributed by atoms with van der Waals surface area (Å²) in [5.74, 6) is 8.06. The highest BCUT2D eigenvalue weighted by Crippen LogP contribution is 2.21. The Bertz CT molecular complexity index is 1190. The second kappa shape index (κ2) is 12.3. The maximum absolute atomic E-state index is 13.7. The van der Waals surface area contributed by atoms with Gasteiger partial charge in [-0.05, 0) is 60.7 Å². The van der Waals surface area contributed by atoms with E-state index in [4.69, 9.17) is 10.9 Å². The number of hydrogen-bond donors (Lipinski definition) is 5. The summed E-state index contributed by atoms with van der Waals surface area (Å²) in [4.78, 5) is 36.1. The molecule has 0 aliphatic rings. The van der Waals surface area contributed by atoms with Crippen LogP contribution in [0.15, 0.2) is 48.5 Å². The number of nitrogens with one attached hydrogen (secondary N) is 3. The zero-order valence-electron chi connectivity index (χ0n) is 19.0. The summed E-state index contributed by atoms with van der Waals surface area (Å²) in [7, 11) is 0. The molecule has 0 aromatic heterocycles. The Labute approximate surface area is 201 Å². The minimum Gasteiger partial charge on any atom is -0.343 e. The van der Waals surface area contributed by atoms with Crippen LogP contribution in [0, 0.1) is 23.7 Å². The Kier molecular flexibility index (Phi) is 9.47. The molecule has 2 aromatic carbocycles. The average Bonchev–Trinajstić information content (AvgIpc) is 2.84. The van der Waals surface area contributed by atoms with E-state index in [9.17, 15) is 23.2 Å². The first-order valence-electron chi connectivity index (χ1n) is 10.3. The van der Waals surface area contributed by atoms with E-state index in [-0.39, 0.29) is 5.56 Å². The number of halogens is 2. The summed E-state index contributed by atoms with van der Waals surface area (Å²) in [5.41, 5.74) is 6.65. The van der Waals surface area contributed by atoms with Crippen LogP contribution in [-0.4, -0.2) is 40.9 Å². The third kappa shape index (κ3) is 7.37. The zero-order chi connectivity index (χ0) is 26.0. The Morgan fingerprint density at radius 1 is 1.00 bits per heavy atom. The summed E-state index contributed by atoms with van der Waals surface area (Å²) in [5, 5.41) is 13.1. The molecule has 2 aromatic rings. The molecule has 0 aliphatic heterocycles. The summed E-state index contributed by atoms with van der Waals surface area (Å²) < 4.78 is 27.5. The van der Waals surface area contributed by atoms with E-state index in [2.05, 4.69) is 29.0 Å². The van der Waals surface area contributed by atoms with Gasteiger partial charge in [0, 0.05) is 30.2 Å². The molecule has 6 N–H and O–H groups in total. The second-order valence-electron chi connectivity index (χ2n) is 7.63. The molecule has 35 heavy (non-hydrogen) atoms. The lowest BCUT2D eigenvalue weighted by Crippen LogP contribution is -2.68. The first-order valence-corrected chi connectivity index (χ1v) is 10.3. The molecule has 2 unspecified atom stereocenters. The van der Waals surface area contributed by atoms with Crippen molar-refractivity contribution in [1.29, 1.82) is 0 Å². The molecule has 0 fully saturated rings. The number of amides is 3. The van der Waals surface area contributed by atoms with Crippen LogP contribution < -0.4 is 21.8 Å². The number of carbonyl (C=O) groups is 3. The number of carbonyl (C=O) groups excluding carboxylic acids is 3. The molecular weight excluding hydrogens is 458 g/mol. The third-order valence-electron chi connectivity index (χ3n) is 4.96. The first-order chi connectivity index (χ1) is 16.6. The molecule has 2 atom stereocenters. The first kappa shape index (κ1) is 27.0. The number of benzene rings is 2. The molecule has 3 amide bonds. The lowest BCUT2D eigenvalue weighted by molar-refractivity contribution is -0.137. The van der Waals surface area contributed by atoms with E-state index in [1.54, 1.807) is 0 Å².